The summed E-state index contributed by atoms with van der Waals surface area (Å²) in [5.41, 5.74) is 3.97. The van der Waals surface area contributed by atoms with Crippen molar-refractivity contribution in [1.29, 1.82) is 5.26 Å². The molecule has 0 bridgehead atoms. The molecule has 2 aliphatic heterocycles. The van der Waals surface area contributed by atoms with Gasteiger partial charge in [-0.25, -0.2) is 14.8 Å². The summed E-state index contributed by atoms with van der Waals surface area (Å²) in [6, 6.07) is 18.4. The first-order valence-corrected chi connectivity index (χ1v) is 14.6. The fourth-order valence-electron chi connectivity index (χ4n) is 5.15. The number of piperidine rings is 1. The highest BCUT2D eigenvalue weighted by molar-refractivity contribution is 5.68. The SMILES string of the molecule is CC(C)(C)OC(=O)N1CCC(Oc2ccc(-c3ccnc(Cc4ccc(CN5CCOCC5)cc4)n3)cc2C#N)CC1. The zero-order valence-corrected chi connectivity index (χ0v) is 24.7. The summed E-state index contributed by atoms with van der Waals surface area (Å²) in [5.74, 6) is 1.27. The zero-order valence-electron chi connectivity index (χ0n) is 24.7. The normalized spacial score (nSPS) is 16.6. The Bertz CT molecular complexity index is 1400. The predicted molar refractivity (Wildman–Crippen MR) is 159 cm³/mol. The molecule has 0 aliphatic carbocycles. The molecule has 5 rings (SSSR count). The van der Waals surface area contributed by atoms with E-state index in [1.807, 2.05) is 45.0 Å². The molecule has 0 N–H and O–H groups in total. The van der Waals surface area contributed by atoms with Crippen LogP contribution in [0.4, 0.5) is 4.79 Å². The van der Waals surface area contributed by atoms with Gasteiger partial charge in [0.15, 0.2) is 0 Å². The quantitative estimate of drug-likeness (QED) is 0.382. The summed E-state index contributed by atoms with van der Waals surface area (Å²) in [4.78, 5) is 25.8. The lowest BCUT2D eigenvalue weighted by atomic mass is 10.1. The van der Waals surface area contributed by atoms with Crippen LogP contribution < -0.4 is 4.74 Å². The number of morpholine rings is 1. The first kappa shape index (κ1) is 29.5. The predicted octanol–water partition coefficient (Wildman–Crippen LogP) is 5.22. The van der Waals surface area contributed by atoms with Gasteiger partial charge in [-0.2, -0.15) is 5.26 Å². The highest BCUT2D eigenvalue weighted by atomic mass is 16.6. The van der Waals surface area contributed by atoms with Crippen LogP contribution in [-0.4, -0.2) is 77.0 Å². The lowest BCUT2D eigenvalue weighted by molar-refractivity contribution is 0.0126. The summed E-state index contributed by atoms with van der Waals surface area (Å²) in [5, 5.41) is 9.88. The van der Waals surface area contributed by atoms with Crippen molar-refractivity contribution in [3.8, 4) is 23.1 Å². The van der Waals surface area contributed by atoms with Crippen molar-refractivity contribution in [3.05, 3.63) is 77.2 Å². The van der Waals surface area contributed by atoms with Crippen molar-refractivity contribution < 1.29 is 19.0 Å². The van der Waals surface area contributed by atoms with E-state index in [1.165, 1.54) is 5.56 Å². The third-order valence-corrected chi connectivity index (χ3v) is 7.38. The van der Waals surface area contributed by atoms with Gasteiger partial charge in [0.2, 0.25) is 0 Å². The molecule has 0 radical (unpaired) electrons. The van der Waals surface area contributed by atoms with Crippen molar-refractivity contribution in [2.45, 2.75) is 58.3 Å². The molecular formula is C33H39N5O4. The average molecular weight is 570 g/mol. The largest absolute Gasteiger partial charge is 0.489 e. The van der Waals surface area contributed by atoms with Crippen molar-refractivity contribution in [2.75, 3.05) is 39.4 Å². The molecule has 0 atom stereocenters. The Kier molecular flexibility index (Phi) is 9.35. The molecule has 42 heavy (non-hydrogen) atoms. The molecule has 0 spiro atoms. The number of hydrogen-bond donors (Lipinski definition) is 0. The topological polar surface area (TPSA) is 101 Å². The van der Waals surface area contributed by atoms with Gasteiger partial charge in [-0.15, -0.1) is 0 Å². The summed E-state index contributed by atoms with van der Waals surface area (Å²) in [7, 11) is 0. The number of benzene rings is 2. The van der Waals surface area contributed by atoms with Crippen LogP contribution in [0, 0.1) is 11.3 Å². The molecule has 1 aromatic heterocycles. The molecule has 0 unspecified atom stereocenters. The van der Waals surface area contributed by atoms with Crippen molar-refractivity contribution in [3.63, 3.8) is 0 Å². The van der Waals surface area contributed by atoms with E-state index in [2.05, 4.69) is 40.2 Å². The second-order valence-electron chi connectivity index (χ2n) is 11.8. The molecule has 0 saturated carbocycles. The third kappa shape index (κ3) is 8.05. The van der Waals surface area contributed by atoms with Gasteiger partial charge in [0, 0.05) is 63.7 Å². The minimum Gasteiger partial charge on any atom is -0.489 e. The standard InChI is InChI=1S/C33H39N5O4/c1-33(2,3)42-32(39)38-14-11-28(12-15-38)41-30-9-8-26(21-27(30)22-34)29-10-13-35-31(36-29)20-24-4-6-25(7-5-24)23-37-16-18-40-19-17-37/h4-10,13,21,28H,11-12,14-20,23H2,1-3H3. The number of nitrogens with zero attached hydrogens (tertiary/aromatic N) is 5. The van der Waals surface area contributed by atoms with E-state index in [4.69, 9.17) is 19.2 Å². The van der Waals surface area contributed by atoms with E-state index in [9.17, 15) is 10.1 Å². The summed E-state index contributed by atoms with van der Waals surface area (Å²) < 4.78 is 17.1. The van der Waals surface area contributed by atoms with Crippen LogP contribution in [0.15, 0.2) is 54.7 Å². The number of carbonyl (C=O) groups is 1. The Morgan fingerprint density at radius 3 is 2.43 bits per heavy atom. The van der Waals surface area contributed by atoms with Crippen molar-refractivity contribution >= 4 is 6.09 Å². The molecule has 220 valence electrons. The maximum Gasteiger partial charge on any atom is 0.410 e. The summed E-state index contributed by atoms with van der Waals surface area (Å²) in [6.45, 7) is 11.2. The van der Waals surface area contributed by atoms with Gasteiger partial charge >= 0.3 is 6.09 Å². The van der Waals surface area contributed by atoms with Crippen LogP contribution >= 0.6 is 0 Å². The number of ether oxygens (including phenoxy) is 3. The highest BCUT2D eigenvalue weighted by Crippen LogP contribution is 2.28. The fraction of sp³-hybridized carbons (Fsp3) is 0.455. The lowest BCUT2D eigenvalue weighted by Crippen LogP contribution is -2.44. The van der Waals surface area contributed by atoms with Crippen LogP contribution in [0.3, 0.4) is 0 Å². The van der Waals surface area contributed by atoms with Gasteiger partial charge < -0.3 is 19.1 Å². The second-order valence-corrected chi connectivity index (χ2v) is 11.8. The Hall–Kier alpha value is -4.00. The Labute approximate surface area is 248 Å². The summed E-state index contributed by atoms with van der Waals surface area (Å²) >= 11 is 0. The number of rotatable bonds is 7. The van der Waals surface area contributed by atoms with Crippen LogP contribution in [0.1, 0.15) is 56.1 Å². The average Bonchev–Trinajstić information content (AvgIpc) is 2.98. The van der Waals surface area contributed by atoms with E-state index < -0.39 is 5.60 Å². The van der Waals surface area contributed by atoms with Crippen LogP contribution in [0.5, 0.6) is 5.75 Å². The monoisotopic (exact) mass is 569 g/mol. The number of carbonyl (C=O) groups excluding carboxylic acids is 1. The number of likely N-dealkylation sites (tertiary alicyclic amines) is 1. The van der Waals surface area contributed by atoms with Crippen LogP contribution in [0.2, 0.25) is 0 Å². The van der Waals surface area contributed by atoms with Crippen LogP contribution in [0.25, 0.3) is 11.3 Å². The number of nitriles is 1. The highest BCUT2D eigenvalue weighted by Gasteiger charge is 2.28. The van der Waals surface area contributed by atoms with Gasteiger partial charge in [-0.05, 0) is 56.2 Å². The molecule has 2 aromatic carbocycles. The molecule has 2 fully saturated rings. The van der Waals surface area contributed by atoms with E-state index in [-0.39, 0.29) is 12.2 Å². The summed E-state index contributed by atoms with van der Waals surface area (Å²) in [6.07, 6.45) is 3.37. The van der Waals surface area contributed by atoms with Gasteiger partial charge in [-0.3, -0.25) is 4.90 Å². The minimum atomic E-state index is -0.521. The zero-order chi connectivity index (χ0) is 29.5. The number of amides is 1. The number of aromatic nitrogens is 2. The molecule has 9 heteroatoms. The second kappa shape index (κ2) is 13.3. The van der Waals surface area contributed by atoms with Gasteiger partial charge in [-0.1, -0.05) is 24.3 Å². The lowest BCUT2D eigenvalue weighted by Gasteiger charge is -2.33. The Balaban J connectivity index is 1.19. The van der Waals surface area contributed by atoms with Gasteiger partial charge in [0.1, 0.15) is 29.3 Å². The maximum atomic E-state index is 12.4. The first-order valence-electron chi connectivity index (χ1n) is 14.6. The molecule has 3 aromatic rings. The maximum absolute atomic E-state index is 12.4. The number of hydrogen-bond acceptors (Lipinski definition) is 8. The van der Waals surface area contributed by atoms with Crippen molar-refractivity contribution in [1.82, 2.24) is 19.8 Å². The molecular weight excluding hydrogens is 530 g/mol. The Morgan fingerprint density at radius 2 is 1.74 bits per heavy atom. The molecule has 1 amide bonds. The third-order valence-electron chi connectivity index (χ3n) is 7.38. The molecule has 2 saturated heterocycles. The van der Waals surface area contributed by atoms with E-state index in [1.54, 1.807) is 11.1 Å². The van der Waals surface area contributed by atoms with E-state index in [0.29, 0.717) is 43.7 Å². The van der Waals surface area contributed by atoms with E-state index >= 15 is 0 Å². The van der Waals surface area contributed by atoms with Gasteiger partial charge in [0.05, 0.1) is 24.5 Å². The van der Waals surface area contributed by atoms with E-state index in [0.717, 1.165) is 55.5 Å². The van der Waals surface area contributed by atoms with Crippen molar-refractivity contribution in [2.24, 2.45) is 0 Å². The van der Waals surface area contributed by atoms with Gasteiger partial charge in [0.25, 0.3) is 0 Å². The minimum absolute atomic E-state index is 0.0763. The van der Waals surface area contributed by atoms with Crippen LogP contribution in [-0.2, 0) is 22.4 Å². The molecule has 9 nitrogen and oxygen atoms in total. The first-order chi connectivity index (χ1) is 20.3. The molecule has 3 heterocycles. The Morgan fingerprint density at radius 1 is 1.02 bits per heavy atom. The molecule has 2 aliphatic rings. The smallest absolute Gasteiger partial charge is 0.410 e. The fourth-order valence-corrected chi connectivity index (χ4v) is 5.15.